The largest absolute Gasteiger partial charge is 0.396 e. The van der Waals surface area contributed by atoms with E-state index in [4.69, 9.17) is 10.2 Å². The third-order valence-electron chi connectivity index (χ3n) is 3.01. The van der Waals surface area contributed by atoms with E-state index in [1.54, 1.807) is 0 Å². The van der Waals surface area contributed by atoms with Gasteiger partial charge in [-0.3, -0.25) is 0 Å². The van der Waals surface area contributed by atoms with Crippen LogP contribution in [-0.4, -0.2) is 34.9 Å². The molecule has 0 amide bonds. The molecule has 6 heteroatoms. The van der Waals surface area contributed by atoms with Gasteiger partial charge in [0.05, 0.1) is 0 Å². The van der Waals surface area contributed by atoms with Crippen LogP contribution in [0.25, 0.3) is 0 Å². The van der Waals surface area contributed by atoms with E-state index >= 15 is 0 Å². The molecule has 0 fully saturated rings. The second-order valence-corrected chi connectivity index (χ2v) is 7.06. The molecule has 0 atom stereocenters. The van der Waals surface area contributed by atoms with Gasteiger partial charge in [0.25, 0.3) is 0 Å². The first-order chi connectivity index (χ1) is 10.8. The summed E-state index contributed by atoms with van der Waals surface area (Å²) in [5, 5.41) is 35.8. The predicted octanol–water partition coefficient (Wildman–Crippen LogP) is 3.82. The number of aliphatic hydroxyl groups is 2. The molecule has 0 aliphatic heterocycles. The highest BCUT2D eigenvalue weighted by atomic mass is 32.2. The summed E-state index contributed by atoms with van der Waals surface area (Å²) in [6.07, 6.45) is 7.79. The fourth-order valence-electron chi connectivity index (χ4n) is 1.78. The van der Waals surface area contributed by atoms with Crippen LogP contribution in [0.5, 0.6) is 0 Å². The molecule has 4 nitrogen and oxygen atoms in total. The molecule has 0 aromatic carbocycles. The molecule has 124 valence electrons. The summed E-state index contributed by atoms with van der Waals surface area (Å²) in [6, 6.07) is 4.29. The fourth-order valence-corrected chi connectivity index (χ4v) is 3.72. The summed E-state index contributed by atoms with van der Waals surface area (Å²) in [6.45, 7) is 0.480. The maximum Gasteiger partial charge on any atom is 0.109 e. The first-order valence-corrected chi connectivity index (χ1v) is 9.79. The molecule has 0 saturated heterocycles. The summed E-state index contributed by atoms with van der Waals surface area (Å²) >= 11 is 2.93. The lowest BCUT2D eigenvalue weighted by Crippen LogP contribution is -1.89. The quantitative estimate of drug-likeness (QED) is 0.368. The van der Waals surface area contributed by atoms with Crippen molar-refractivity contribution < 1.29 is 10.2 Å². The second-order valence-electron chi connectivity index (χ2n) is 4.85. The van der Waals surface area contributed by atoms with E-state index in [0.717, 1.165) is 62.9 Å². The molecular weight excluding hydrogens is 316 g/mol. The van der Waals surface area contributed by atoms with Crippen LogP contribution in [0.1, 0.15) is 51.4 Å². The number of hydrogen-bond acceptors (Lipinski definition) is 6. The maximum absolute atomic E-state index is 9.19. The number of hydrogen-bond donors (Lipinski definition) is 2. The summed E-state index contributed by atoms with van der Waals surface area (Å²) < 4.78 is 0. The molecule has 0 rings (SSSR count). The van der Waals surface area contributed by atoms with Gasteiger partial charge in [0.1, 0.15) is 21.9 Å². The minimum Gasteiger partial charge on any atom is -0.396 e. The second kappa shape index (κ2) is 16.7. The van der Waals surface area contributed by atoms with Crippen LogP contribution < -0.4 is 0 Å². The van der Waals surface area contributed by atoms with Crippen LogP contribution in [0.15, 0.2) is 9.81 Å². The van der Waals surface area contributed by atoms with Crippen molar-refractivity contribution in [1.82, 2.24) is 0 Å². The van der Waals surface area contributed by atoms with Crippen LogP contribution in [0.3, 0.4) is 0 Å². The zero-order valence-electron chi connectivity index (χ0n) is 13.1. The van der Waals surface area contributed by atoms with Crippen LogP contribution in [0.2, 0.25) is 0 Å². The van der Waals surface area contributed by atoms with Crippen molar-refractivity contribution in [2.45, 2.75) is 51.4 Å². The Morgan fingerprint density at radius 3 is 1.32 bits per heavy atom. The number of aliphatic hydroxyl groups excluding tert-OH is 2. The topological polar surface area (TPSA) is 88.0 Å². The highest BCUT2D eigenvalue weighted by Gasteiger charge is 2.07. The molecule has 22 heavy (non-hydrogen) atoms. The standard InChI is InChI=1S/C16H26N2O2S2/c17-13-15(21-11-7-3-1-5-9-19)16(14-18)22-12-8-4-2-6-10-20/h19-20H,1-12H2/b16-15-. The third-order valence-corrected chi connectivity index (χ3v) is 5.29. The van der Waals surface area contributed by atoms with Crippen molar-refractivity contribution >= 4 is 23.5 Å². The van der Waals surface area contributed by atoms with Crippen LogP contribution in [-0.2, 0) is 0 Å². The number of unbranched alkanes of at least 4 members (excludes halogenated alkanes) is 6. The Balaban J connectivity index is 4.01. The van der Waals surface area contributed by atoms with Crippen molar-refractivity contribution in [3.8, 4) is 12.1 Å². The summed E-state index contributed by atoms with van der Waals surface area (Å²) in [5.74, 6) is 1.69. The number of allylic oxidation sites excluding steroid dienone is 2. The monoisotopic (exact) mass is 342 g/mol. The van der Waals surface area contributed by atoms with E-state index in [1.165, 1.54) is 23.5 Å². The lowest BCUT2D eigenvalue weighted by Gasteiger charge is -2.04. The van der Waals surface area contributed by atoms with Gasteiger partial charge in [-0.2, -0.15) is 10.5 Å². The first kappa shape index (κ1) is 21.3. The summed E-state index contributed by atoms with van der Waals surface area (Å²) in [5.41, 5.74) is 0. The van der Waals surface area contributed by atoms with E-state index in [9.17, 15) is 10.5 Å². The first-order valence-electron chi connectivity index (χ1n) is 7.82. The highest BCUT2D eigenvalue weighted by molar-refractivity contribution is 8.07. The lowest BCUT2D eigenvalue weighted by molar-refractivity contribution is 0.282. The Hall–Kier alpha value is -0.660. The molecule has 2 N–H and O–H groups in total. The van der Waals surface area contributed by atoms with Gasteiger partial charge in [-0.25, -0.2) is 0 Å². The minimum atomic E-state index is 0.240. The predicted molar refractivity (Wildman–Crippen MR) is 94.3 cm³/mol. The Labute approximate surface area is 142 Å². The minimum absolute atomic E-state index is 0.240. The normalized spacial score (nSPS) is 11.6. The van der Waals surface area contributed by atoms with Crippen molar-refractivity contribution in [2.24, 2.45) is 0 Å². The van der Waals surface area contributed by atoms with Crippen LogP contribution in [0.4, 0.5) is 0 Å². The Bertz CT molecular complexity index is 351. The number of nitriles is 2. The molecule has 0 radical (unpaired) electrons. The van der Waals surface area contributed by atoms with E-state index < -0.39 is 0 Å². The number of rotatable bonds is 14. The van der Waals surface area contributed by atoms with E-state index in [-0.39, 0.29) is 13.2 Å². The van der Waals surface area contributed by atoms with Crippen molar-refractivity contribution in [3.05, 3.63) is 9.81 Å². The molecule has 0 saturated carbocycles. The van der Waals surface area contributed by atoms with Gasteiger partial charge in [-0.05, 0) is 37.2 Å². The molecule has 0 aliphatic carbocycles. The number of thioether (sulfide) groups is 2. The van der Waals surface area contributed by atoms with Gasteiger partial charge in [-0.1, -0.05) is 25.7 Å². The van der Waals surface area contributed by atoms with Gasteiger partial charge < -0.3 is 10.2 Å². The molecule has 0 aromatic heterocycles. The Morgan fingerprint density at radius 1 is 0.636 bits per heavy atom. The third kappa shape index (κ3) is 11.9. The molecule has 0 spiro atoms. The smallest absolute Gasteiger partial charge is 0.109 e. The summed E-state index contributed by atoms with van der Waals surface area (Å²) in [7, 11) is 0. The molecular formula is C16H26N2O2S2. The average Bonchev–Trinajstić information content (AvgIpc) is 2.54. The molecule has 0 unspecified atom stereocenters. The van der Waals surface area contributed by atoms with E-state index in [2.05, 4.69) is 12.1 Å². The van der Waals surface area contributed by atoms with Crippen molar-refractivity contribution in [1.29, 1.82) is 10.5 Å². The van der Waals surface area contributed by atoms with Gasteiger partial charge >= 0.3 is 0 Å². The maximum atomic E-state index is 9.19. The molecule has 0 heterocycles. The van der Waals surface area contributed by atoms with E-state index in [0.29, 0.717) is 9.81 Å². The lowest BCUT2D eigenvalue weighted by atomic mass is 10.2. The van der Waals surface area contributed by atoms with Gasteiger partial charge in [0.2, 0.25) is 0 Å². The number of nitrogens with zero attached hydrogens (tertiary/aromatic N) is 2. The average molecular weight is 343 g/mol. The SMILES string of the molecule is N#C/C(SCCCCCCO)=C(\C#N)SCCCCCCO. The van der Waals surface area contributed by atoms with Crippen LogP contribution >= 0.6 is 23.5 Å². The zero-order chi connectivity index (χ0) is 16.5. The Morgan fingerprint density at radius 2 is 1.00 bits per heavy atom. The van der Waals surface area contributed by atoms with Crippen LogP contribution in [0, 0.1) is 22.7 Å². The van der Waals surface area contributed by atoms with Gasteiger partial charge in [-0.15, -0.1) is 23.5 Å². The van der Waals surface area contributed by atoms with Gasteiger partial charge in [0, 0.05) is 13.2 Å². The zero-order valence-corrected chi connectivity index (χ0v) is 14.7. The van der Waals surface area contributed by atoms with Crippen molar-refractivity contribution in [3.63, 3.8) is 0 Å². The fraction of sp³-hybridized carbons (Fsp3) is 0.750. The molecule has 0 aliphatic rings. The highest BCUT2D eigenvalue weighted by Crippen LogP contribution is 2.28. The molecule has 0 aromatic rings. The van der Waals surface area contributed by atoms with Gasteiger partial charge in [0.15, 0.2) is 0 Å². The summed E-state index contributed by atoms with van der Waals surface area (Å²) in [4.78, 5) is 1.06. The molecule has 0 bridgehead atoms. The van der Waals surface area contributed by atoms with Crippen molar-refractivity contribution in [2.75, 3.05) is 24.7 Å². The van der Waals surface area contributed by atoms with E-state index in [1.807, 2.05) is 0 Å². The Kier molecular flexibility index (Phi) is 16.2.